The number of carbonyl (C=O) groups is 1. The molecule has 0 saturated carbocycles. The summed E-state index contributed by atoms with van der Waals surface area (Å²) in [4.78, 5) is 13.1. The highest BCUT2D eigenvalue weighted by Gasteiger charge is 2.25. The van der Waals surface area contributed by atoms with E-state index in [1.54, 1.807) is 37.3 Å². The minimum absolute atomic E-state index is 0.0963. The van der Waals surface area contributed by atoms with Crippen molar-refractivity contribution in [2.75, 3.05) is 13.2 Å². The van der Waals surface area contributed by atoms with Crippen LogP contribution >= 0.6 is 0 Å². The van der Waals surface area contributed by atoms with E-state index in [-0.39, 0.29) is 18.2 Å². The second-order valence-electron chi connectivity index (χ2n) is 7.32. The van der Waals surface area contributed by atoms with Crippen molar-refractivity contribution in [3.63, 3.8) is 0 Å². The second kappa shape index (κ2) is 9.14. The Morgan fingerprint density at radius 2 is 1.69 bits per heavy atom. The summed E-state index contributed by atoms with van der Waals surface area (Å²) in [6.07, 6.45) is 0. The van der Waals surface area contributed by atoms with Crippen molar-refractivity contribution in [3.8, 4) is 22.6 Å². The van der Waals surface area contributed by atoms with Crippen molar-refractivity contribution in [2.24, 2.45) is 0 Å². The van der Waals surface area contributed by atoms with Crippen LogP contribution in [0.4, 0.5) is 4.39 Å². The van der Waals surface area contributed by atoms with Crippen LogP contribution in [0.1, 0.15) is 29.9 Å². The van der Waals surface area contributed by atoms with Crippen LogP contribution in [-0.4, -0.2) is 28.9 Å². The molecular formula is C26H24FNO4. The zero-order chi connectivity index (χ0) is 22.7. The van der Waals surface area contributed by atoms with Gasteiger partial charge in [0.1, 0.15) is 23.0 Å². The monoisotopic (exact) mass is 433 g/mol. The van der Waals surface area contributed by atoms with Gasteiger partial charge >= 0.3 is 5.97 Å². The number of ether oxygens (including phenoxy) is 2. The zero-order valence-electron chi connectivity index (χ0n) is 18.0. The van der Waals surface area contributed by atoms with Gasteiger partial charge in [-0.15, -0.1) is 0 Å². The Labute approximate surface area is 185 Å². The lowest BCUT2D eigenvalue weighted by Gasteiger charge is -2.12. The summed E-state index contributed by atoms with van der Waals surface area (Å²) in [5.41, 5.74) is 3.43. The third-order valence-corrected chi connectivity index (χ3v) is 5.22. The Kier molecular flexibility index (Phi) is 6.12. The number of hydrogen-bond donors (Lipinski definition) is 1. The number of fused-ring (bicyclic) bond motifs is 1. The van der Waals surface area contributed by atoms with Gasteiger partial charge in [0.2, 0.25) is 0 Å². The van der Waals surface area contributed by atoms with E-state index in [1.165, 1.54) is 12.1 Å². The van der Waals surface area contributed by atoms with Gasteiger partial charge in [-0.3, -0.25) is 0 Å². The first kappa shape index (κ1) is 21.4. The number of benzene rings is 3. The van der Waals surface area contributed by atoms with Crippen LogP contribution in [0.5, 0.6) is 11.5 Å². The molecule has 0 aliphatic carbocycles. The van der Waals surface area contributed by atoms with Gasteiger partial charge in [-0.25, -0.2) is 9.18 Å². The predicted molar refractivity (Wildman–Crippen MR) is 122 cm³/mol. The smallest absolute Gasteiger partial charge is 0.355 e. The summed E-state index contributed by atoms with van der Waals surface area (Å²) in [5, 5.41) is 10.9. The first-order chi connectivity index (χ1) is 15.5. The standard InChI is InChI=1S/C26H24FNO4/c1-3-31-21-12-7-18(8-13-21)24-22-15-20(29)11-14-23(22)28(25(24)26(30)32-4-2)16-17-5-9-19(27)10-6-17/h5-15,29H,3-4,16H2,1-2H3. The SMILES string of the molecule is CCOC(=O)c1c(-c2ccc(OCC)cc2)c2cc(O)ccc2n1Cc1ccc(F)cc1. The summed E-state index contributed by atoms with van der Waals surface area (Å²) in [5.74, 6) is 0.0387. The molecule has 5 nitrogen and oxygen atoms in total. The van der Waals surface area contributed by atoms with Crippen molar-refractivity contribution in [3.05, 3.63) is 83.8 Å². The summed E-state index contributed by atoms with van der Waals surface area (Å²) in [6, 6.07) is 18.6. The van der Waals surface area contributed by atoms with Gasteiger partial charge in [-0.05, 0) is 67.4 Å². The fraction of sp³-hybridized carbons (Fsp3) is 0.192. The number of aromatic hydroxyl groups is 1. The first-order valence-corrected chi connectivity index (χ1v) is 10.5. The number of phenols is 1. The third-order valence-electron chi connectivity index (χ3n) is 5.22. The maximum absolute atomic E-state index is 13.4. The quantitative estimate of drug-likeness (QED) is 0.376. The minimum Gasteiger partial charge on any atom is -0.508 e. The summed E-state index contributed by atoms with van der Waals surface area (Å²) < 4.78 is 26.2. The average Bonchev–Trinajstić information content (AvgIpc) is 3.09. The highest BCUT2D eigenvalue weighted by molar-refractivity contribution is 6.09. The van der Waals surface area contributed by atoms with Crippen LogP contribution in [0.15, 0.2) is 66.7 Å². The molecule has 1 N–H and O–H groups in total. The minimum atomic E-state index is -0.464. The van der Waals surface area contributed by atoms with E-state index < -0.39 is 5.97 Å². The molecule has 4 rings (SSSR count). The van der Waals surface area contributed by atoms with E-state index in [0.29, 0.717) is 24.4 Å². The molecule has 0 saturated heterocycles. The molecule has 0 atom stereocenters. The molecule has 1 heterocycles. The van der Waals surface area contributed by atoms with Crippen LogP contribution in [-0.2, 0) is 11.3 Å². The molecule has 0 aliphatic rings. The molecule has 164 valence electrons. The van der Waals surface area contributed by atoms with Crippen molar-refractivity contribution in [2.45, 2.75) is 20.4 Å². The Bertz CT molecular complexity index is 1240. The topological polar surface area (TPSA) is 60.7 Å². The van der Waals surface area contributed by atoms with Crippen LogP contribution in [0, 0.1) is 5.82 Å². The summed E-state index contributed by atoms with van der Waals surface area (Å²) in [6.45, 7) is 4.79. The van der Waals surface area contributed by atoms with Crippen LogP contribution in [0.3, 0.4) is 0 Å². The van der Waals surface area contributed by atoms with E-state index in [1.807, 2.05) is 35.8 Å². The Hall–Kier alpha value is -3.80. The summed E-state index contributed by atoms with van der Waals surface area (Å²) in [7, 11) is 0. The average molecular weight is 433 g/mol. The van der Waals surface area contributed by atoms with Gasteiger partial charge < -0.3 is 19.1 Å². The normalized spacial score (nSPS) is 11.0. The van der Waals surface area contributed by atoms with Crippen LogP contribution in [0.25, 0.3) is 22.0 Å². The molecule has 0 spiro atoms. The van der Waals surface area contributed by atoms with Crippen molar-refractivity contribution in [1.82, 2.24) is 4.57 Å². The largest absolute Gasteiger partial charge is 0.508 e. The van der Waals surface area contributed by atoms with E-state index >= 15 is 0 Å². The van der Waals surface area contributed by atoms with Gasteiger partial charge in [-0.2, -0.15) is 0 Å². The van der Waals surface area contributed by atoms with Gasteiger partial charge in [-0.1, -0.05) is 24.3 Å². The maximum Gasteiger partial charge on any atom is 0.355 e. The molecule has 0 aliphatic heterocycles. The lowest BCUT2D eigenvalue weighted by molar-refractivity contribution is 0.0516. The maximum atomic E-state index is 13.4. The molecule has 4 aromatic rings. The molecule has 3 aromatic carbocycles. The molecular weight excluding hydrogens is 409 g/mol. The molecule has 32 heavy (non-hydrogen) atoms. The number of hydrogen-bond acceptors (Lipinski definition) is 4. The first-order valence-electron chi connectivity index (χ1n) is 10.5. The number of rotatable bonds is 7. The van der Waals surface area contributed by atoms with Crippen molar-refractivity contribution < 1.29 is 23.8 Å². The fourth-order valence-electron chi connectivity index (χ4n) is 3.87. The van der Waals surface area contributed by atoms with E-state index in [0.717, 1.165) is 27.8 Å². The number of halogens is 1. The van der Waals surface area contributed by atoms with Gasteiger partial charge in [0.05, 0.1) is 13.2 Å². The third kappa shape index (κ3) is 4.17. The molecule has 0 amide bonds. The molecule has 1 aromatic heterocycles. The van der Waals surface area contributed by atoms with Gasteiger partial charge in [0.15, 0.2) is 0 Å². The molecule has 0 fully saturated rings. The van der Waals surface area contributed by atoms with Gasteiger partial charge in [0, 0.05) is 23.0 Å². The Morgan fingerprint density at radius 1 is 0.969 bits per heavy atom. The molecule has 0 unspecified atom stereocenters. The van der Waals surface area contributed by atoms with Gasteiger partial charge in [0.25, 0.3) is 0 Å². The second-order valence-corrected chi connectivity index (χ2v) is 7.32. The number of phenolic OH excluding ortho intramolecular Hbond substituents is 1. The zero-order valence-corrected chi connectivity index (χ0v) is 18.0. The molecule has 6 heteroatoms. The van der Waals surface area contributed by atoms with Crippen LogP contribution < -0.4 is 4.74 Å². The van der Waals surface area contributed by atoms with Crippen molar-refractivity contribution in [1.29, 1.82) is 0 Å². The summed E-state index contributed by atoms with van der Waals surface area (Å²) >= 11 is 0. The van der Waals surface area contributed by atoms with E-state index in [9.17, 15) is 14.3 Å². The number of carbonyl (C=O) groups excluding carboxylic acids is 1. The van der Waals surface area contributed by atoms with E-state index in [4.69, 9.17) is 9.47 Å². The Balaban J connectivity index is 1.96. The predicted octanol–water partition coefficient (Wildman–Crippen LogP) is 5.78. The fourth-order valence-corrected chi connectivity index (χ4v) is 3.87. The number of esters is 1. The number of aromatic nitrogens is 1. The van der Waals surface area contributed by atoms with Crippen molar-refractivity contribution >= 4 is 16.9 Å². The van der Waals surface area contributed by atoms with Crippen LogP contribution in [0.2, 0.25) is 0 Å². The lowest BCUT2D eigenvalue weighted by Crippen LogP contribution is -2.14. The lowest BCUT2D eigenvalue weighted by atomic mass is 10.0. The highest BCUT2D eigenvalue weighted by Crippen LogP contribution is 2.38. The van der Waals surface area contributed by atoms with E-state index in [2.05, 4.69) is 0 Å². The number of nitrogens with zero attached hydrogens (tertiary/aromatic N) is 1. The Morgan fingerprint density at radius 3 is 2.34 bits per heavy atom. The highest BCUT2D eigenvalue weighted by atomic mass is 19.1. The molecule has 0 bridgehead atoms. The molecule has 0 radical (unpaired) electrons.